The van der Waals surface area contributed by atoms with E-state index in [1.54, 1.807) is 0 Å². The minimum Gasteiger partial charge on any atom is -0.300 e. The van der Waals surface area contributed by atoms with Crippen LogP contribution in [-0.2, 0) is 4.79 Å². The van der Waals surface area contributed by atoms with Crippen molar-refractivity contribution in [3.05, 3.63) is 0 Å². The summed E-state index contributed by atoms with van der Waals surface area (Å²) in [6.45, 7) is 3.66. The molecule has 2 unspecified atom stereocenters. The Labute approximate surface area is 92.0 Å². The Hall–Kier alpha value is -0.370. The Bertz CT molecular complexity index is 266. The van der Waals surface area contributed by atoms with Crippen LogP contribution >= 0.6 is 0 Å². The summed E-state index contributed by atoms with van der Waals surface area (Å²) in [5.41, 5.74) is 0.605. The van der Waals surface area contributed by atoms with E-state index in [-0.39, 0.29) is 0 Å². The van der Waals surface area contributed by atoms with Crippen LogP contribution in [0.1, 0.15) is 51.9 Å². The van der Waals surface area contributed by atoms with Crippen molar-refractivity contribution in [2.45, 2.75) is 64.0 Å². The Kier molecular flexibility index (Phi) is 2.17. The van der Waals surface area contributed by atoms with Crippen molar-refractivity contribution in [1.29, 1.82) is 0 Å². The SMILES string of the molecule is CC1(CN2C3CCCC2CC(=O)C3)CC1. The van der Waals surface area contributed by atoms with Crippen LogP contribution in [0.2, 0.25) is 0 Å². The fourth-order valence-corrected chi connectivity index (χ4v) is 3.34. The number of rotatable bonds is 2. The van der Waals surface area contributed by atoms with E-state index in [4.69, 9.17) is 0 Å². The lowest BCUT2D eigenvalue weighted by molar-refractivity contribution is -0.127. The average Bonchev–Trinajstić information content (AvgIpc) is 2.86. The second-order valence-corrected chi connectivity index (χ2v) is 6.17. The molecule has 0 aromatic carbocycles. The minimum absolute atomic E-state index is 0.516. The molecule has 0 aromatic heterocycles. The smallest absolute Gasteiger partial charge is 0.136 e. The maximum atomic E-state index is 11.6. The maximum absolute atomic E-state index is 11.6. The molecule has 2 saturated heterocycles. The van der Waals surface area contributed by atoms with Crippen LogP contribution in [0, 0.1) is 5.41 Å². The standard InChI is InChI=1S/C13H21NO/c1-13(5-6-13)9-14-10-3-2-4-11(14)8-12(15)7-10/h10-11H,2-9H2,1H3. The Morgan fingerprint density at radius 3 is 2.40 bits per heavy atom. The lowest BCUT2D eigenvalue weighted by Gasteiger charge is -2.46. The van der Waals surface area contributed by atoms with E-state index in [1.807, 2.05) is 0 Å². The highest BCUT2D eigenvalue weighted by atomic mass is 16.1. The fourth-order valence-electron chi connectivity index (χ4n) is 3.34. The first kappa shape index (κ1) is 9.83. The van der Waals surface area contributed by atoms with E-state index >= 15 is 0 Å². The topological polar surface area (TPSA) is 20.3 Å². The minimum atomic E-state index is 0.516. The van der Waals surface area contributed by atoms with Gasteiger partial charge in [-0.2, -0.15) is 0 Å². The first-order valence-corrected chi connectivity index (χ1v) is 6.44. The van der Waals surface area contributed by atoms with Gasteiger partial charge in [-0.3, -0.25) is 9.69 Å². The molecule has 3 fully saturated rings. The van der Waals surface area contributed by atoms with Crippen molar-refractivity contribution < 1.29 is 4.79 Å². The Morgan fingerprint density at radius 2 is 1.87 bits per heavy atom. The van der Waals surface area contributed by atoms with E-state index in [1.165, 1.54) is 38.6 Å². The van der Waals surface area contributed by atoms with Gasteiger partial charge in [0.1, 0.15) is 5.78 Å². The fraction of sp³-hybridized carbons (Fsp3) is 0.923. The van der Waals surface area contributed by atoms with Crippen molar-refractivity contribution in [3.63, 3.8) is 0 Å². The number of hydrogen-bond acceptors (Lipinski definition) is 2. The molecule has 2 heterocycles. The number of carbonyl (C=O) groups excluding carboxylic acids is 1. The van der Waals surface area contributed by atoms with E-state index in [0.29, 0.717) is 23.3 Å². The number of fused-ring (bicyclic) bond motifs is 2. The quantitative estimate of drug-likeness (QED) is 0.693. The third-order valence-electron chi connectivity index (χ3n) is 4.61. The number of piperidine rings is 2. The van der Waals surface area contributed by atoms with Crippen LogP contribution < -0.4 is 0 Å². The third kappa shape index (κ3) is 1.84. The molecule has 1 aliphatic carbocycles. The third-order valence-corrected chi connectivity index (χ3v) is 4.61. The maximum Gasteiger partial charge on any atom is 0.136 e. The number of ketones is 1. The molecule has 2 nitrogen and oxygen atoms in total. The van der Waals surface area contributed by atoms with Gasteiger partial charge >= 0.3 is 0 Å². The largest absolute Gasteiger partial charge is 0.300 e. The number of Topliss-reactive ketones (excluding diaryl/α,β-unsaturated/α-hetero) is 1. The molecular weight excluding hydrogens is 186 g/mol. The van der Waals surface area contributed by atoms with E-state index in [0.717, 1.165) is 12.8 Å². The van der Waals surface area contributed by atoms with Crippen molar-refractivity contribution in [2.24, 2.45) is 5.41 Å². The molecule has 0 aromatic rings. The molecule has 0 N–H and O–H groups in total. The molecule has 3 rings (SSSR count). The molecule has 2 bridgehead atoms. The molecular formula is C13H21NO. The number of hydrogen-bond donors (Lipinski definition) is 0. The van der Waals surface area contributed by atoms with Gasteiger partial charge in [0.25, 0.3) is 0 Å². The van der Waals surface area contributed by atoms with Crippen molar-refractivity contribution in [2.75, 3.05) is 6.54 Å². The van der Waals surface area contributed by atoms with Gasteiger partial charge in [-0.05, 0) is 31.1 Å². The highest BCUT2D eigenvalue weighted by Gasteiger charge is 2.45. The zero-order valence-electron chi connectivity index (χ0n) is 9.67. The zero-order chi connectivity index (χ0) is 10.5. The van der Waals surface area contributed by atoms with Crippen molar-refractivity contribution >= 4 is 5.78 Å². The molecule has 0 radical (unpaired) electrons. The van der Waals surface area contributed by atoms with Gasteiger partial charge in [-0.15, -0.1) is 0 Å². The summed E-state index contributed by atoms with van der Waals surface area (Å²) in [5.74, 6) is 0.516. The predicted molar refractivity (Wildman–Crippen MR) is 59.7 cm³/mol. The summed E-state index contributed by atoms with van der Waals surface area (Å²) in [4.78, 5) is 14.3. The van der Waals surface area contributed by atoms with Gasteiger partial charge in [0.15, 0.2) is 0 Å². The molecule has 0 spiro atoms. The van der Waals surface area contributed by atoms with Crippen LogP contribution in [0.15, 0.2) is 0 Å². The van der Waals surface area contributed by atoms with E-state index < -0.39 is 0 Å². The summed E-state index contributed by atoms with van der Waals surface area (Å²) < 4.78 is 0. The normalized spacial score (nSPS) is 39.1. The monoisotopic (exact) mass is 207 g/mol. The van der Waals surface area contributed by atoms with Crippen LogP contribution in [0.25, 0.3) is 0 Å². The van der Waals surface area contributed by atoms with Crippen molar-refractivity contribution in [3.8, 4) is 0 Å². The van der Waals surface area contributed by atoms with Crippen LogP contribution in [0.3, 0.4) is 0 Å². The second kappa shape index (κ2) is 3.31. The highest BCUT2D eigenvalue weighted by molar-refractivity contribution is 5.80. The number of nitrogens with zero attached hydrogens (tertiary/aromatic N) is 1. The van der Waals surface area contributed by atoms with Crippen LogP contribution in [0.5, 0.6) is 0 Å². The lowest BCUT2D eigenvalue weighted by atomic mass is 9.83. The first-order valence-electron chi connectivity index (χ1n) is 6.44. The first-order chi connectivity index (χ1) is 7.16. The molecule has 0 amide bonds. The van der Waals surface area contributed by atoms with E-state index in [2.05, 4.69) is 11.8 Å². The molecule has 15 heavy (non-hydrogen) atoms. The zero-order valence-corrected chi connectivity index (χ0v) is 9.67. The molecule has 84 valence electrons. The molecule has 2 atom stereocenters. The highest BCUT2D eigenvalue weighted by Crippen LogP contribution is 2.47. The van der Waals surface area contributed by atoms with Gasteiger partial charge in [0, 0.05) is 31.5 Å². The second-order valence-electron chi connectivity index (χ2n) is 6.17. The summed E-state index contributed by atoms with van der Waals surface area (Å²) in [6, 6.07) is 1.20. The van der Waals surface area contributed by atoms with Crippen LogP contribution in [0.4, 0.5) is 0 Å². The molecule has 2 heteroatoms. The van der Waals surface area contributed by atoms with Gasteiger partial charge in [-0.1, -0.05) is 13.3 Å². The summed E-state index contributed by atoms with van der Waals surface area (Å²) in [7, 11) is 0. The summed E-state index contributed by atoms with van der Waals surface area (Å²) in [6.07, 6.45) is 8.35. The molecule has 3 aliphatic rings. The van der Waals surface area contributed by atoms with Crippen molar-refractivity contribution in [1.82, 2.24) is 4.90 Å². The van der Waals surface area contributed by atoms with Gasteiger partial charge in [-0.25, -0.2) is 0 Å². The van der Waals surface area contributed by atoms with Gasteiger partial charge in [0.2, 0.25) is 0 Å². The molecule has 2 aliphatic heterocycles. The Morgan fingerprint density at radius 1 is 1.27 bits per heavy atom. The van der Waals surface area contributed by atoms with Crippen LogP contribution in [-0.4, -0.2) is 29.3 Å². The summed E-state index contributed by atoms with van der Waals surface area (Å²) >= 11 is 0. The predicted octanol–water partition coefficient (Wildman–Crippen LogP) is 2.37. The number of carbonyl (C=O) groups is 1. The molecule has 1 saturated carbocycles. The Balaban J connectivity index is 1.73. The summed E-state index contributed by atoms with van der Waals surface area (Å²) in [5, 5.41) is 0. The average molecular weight is 207 g/mol. The van der Waals surface area contributed by atoms with E-state index in [9.17, 15) is 4.79 Å². The lowest BCUT2D eigenvalue weighted by Crippen LogP contribution is -2.53. The van der Waals surface area contributed by atoms with Gasteiger partial charge in [0.05, 0.1) is 0 Å². The van der Waals surface area contributed by atoms with Gasteiger partial charge < -0.3 is 0 Å².